The molecule has 12 heteroatoms. The Balaban J connectivity index is 1.64. The molecule has 0 aliphatic carbocycles. The number of nitriles is 1. The average molecular weight is 458 g/mol. The largest absolute Gasteiger partial charge is 0.416 e. The zero-order valence-corrected chi connectivity index (χ0v) is 16.9. The molecule has 9 nitrogen and oxygen atoms in total. The van der Waals surface area contributed by atoms with Gasteiger partial charge in [0.2, 0.25) is 5.95 Å². The van der Waals surface area contributed by atoms with Gasteiger partial charge in [-0.3, -0.25) is 14.9 Å². The van der Waals surface area contributed by atoms with Gasteiger partial charge in [-0.1, -0.05) is 30.3 Å². The third-order valence-corrected chi connectivity index (χ3v) is 4.53. The minimum Gasteiger partial charge on any atom is -0.394 e. The number of carbonyl (C=O) groups is 2. The van der Waals surface area contributed by atoms with E-state index < -0.39 is 36.2 Å². The Morgan fingerprint density at radius 3 is 2.45 bits per heavy atom. The highest BCUT2D eigenvalue weighted by molar-refractivity contribution is 6.39. The fourth-order valence-electron chi connectivity index (χ4n) is 2.96. The van der Waals surface area contributed by atoms with Crippen LogP contribution in [0.2, 0.25) is 0 Å². The molecule has 0 saturated heterocycles. The first-order valence-corrected chi connectivity index (χ1v) is 9.48. The molecule has 0 saturated carbocycles. The summed E-state index contributed by atoms with van der Waals surface area (Å²) in [5.41, 5.74) is -0.106. The number of alkyl halides is 3. The normalized spacial score (nSPS) is 12.0. The van der Waals surface area contributed by atoms with Gasteiger partial charge in [0.15, 0.2) is 0 Å². The number of nitrogens with one attached hydrogen (secondary N) is 2. The van der Waals surface area contributed by atoms with Crippen LogP contribution < -0.4 is 10.6 Å². The second-order valence-corrected chi connectivity index (χ2v) is 6.82. The predicted octanol–water partition coefficient (Wildman–Crippen LogP) is 2.01. The molecule has 1 atom stereocenters. The summed E-state index contributed by atoms with van der Waals surface area (Å²) in [6.45, 7) is -0.578. The van der Waals surface area contributed by atoms with Gasteiger partial charge in [0.25, 0.3) is 0 Å². The lowest BCUT2D eigenvalue weighted by molar-refractivity contribution is -0.139. The van der Waals surface area contributed by atoms with Gasteiger partial charge in [-0.15, -0.1) is 5.10 Å². The number of halogens is 3. The summed E-state index contributed by atoms with van der Waals surface area (Å²) < 4.78 is 41.0. The molecule has 1 heterocycles. The second kappa shape index (κ2) is 9.92. The maximum Gasteiger partial charge on any atom is 0.416 e. The van der Waals surface area contributed by atoms with Crippen molar-refractivity contribution in [2.75, 3.05) is 11.9 Å². The Morgan fingerprint density at radius 2 is 1.82 bits per heavy atom. The average Bonchev–Trinajstić information content (AvgIpc) is 3.23. The zero-order valence-electron chi connectivity index (χ0n) is 16.9. The van der Waals surface area contributed by atoms with Crippen molar-refractivity contribution in [2.45, 2.75) is 18.8 Å². The number of rotatable bonds is 6. The van der Waals surface area contributed by atoms with E-state index in [4.69, 9.17) is 5.26 Å². The van der Waals surface area contributed by atoms with E-state index in [9.17, 15) is 27.9 Å². The fraction of sp³-hybridized carbons (Fsp3) is 0.190. The molecule has 1 aromatic heterocycles. The van der Waals surface area contributed by atoms with Crippen LogP contribution in [0.25, 0.3) is 0 Å². The van der Waals surface area contributed by atoms with Crippen LogP contribution in [0, 0.1) is 11.3 Å². The molecule has 33 heavy (non-hydrogen) atoms. The third-order valence-electron chi connectivity index (χ3n) is 4.53. The van der Waals surface area contributed by atoms with E-state index in [1.54, 1.807) is 24.3 Å². The number of hydrogen-bond acceptors (Lipinski definition) is 6. The van der Waals surface area contributed by atoms with E-state index in [0.29, 0.717) is 5.56 Å². The summed E-state index contributed by atoms with van der Waals surface area (Å²) in [5, 5.41) is 26.6. The van der Waals surface area contributed by atoms with E-state index in [1.165, 1.54) is 23.1 Å². The van der Waals surface area contributed by atoms with Crippen molar-refractivity contribution >= 4 is 17.8 Å². The number of hydrogen-bond donors (Lipinski definition) is 3. The van der Waals surface area contributed by atoms with E-state index in [1.807, 2.05) is 6.07 Å². The van der Waals surface area contributed by atoms with Gasteiger partial charge in [-0.05, 0) is 29.3 Å². The Kier molecular flexibility index (Phi) is 7.04. The SMILES string of the molecule is N#Cc1ccc(Cn2cnc(NC(=O)C(=O)NC(CO)c3ccccc3C(F)(F)F)n2)cc1. The summed E-state index contributed by atoms with van der Waals surface area (Å²) in [4.78, 5) is 28.2. The molecule has 0 fully saturated rings. The summed E-state index contributed by atoms with van der Waals surface area (Å²) in [7, 11) is 0. The minimum atomic E-state index is -4.71. The number of benzene rings is 2. The van der Waals surface area contributed by atoms with Gasteiger partial charge in [-0.25, -0.2) is 9.67 Å². The highest BCUT2D eigenvalue weighted by Gasteiger charge is 2.35. The number of anilines is 1. The van der Waals surface area contributed by atoms with Crippen LogP contribution >= 0.6 is 0 Å². The van der Waals surface area contributed by atoms with Crippen LogP contribution in [0.3, 0.4) is 0 Å². The van der Waals surface area contributed by atoms with Crippen LogP contribution in [0.1, 0.15) is 28.3 Å². The molecule has 170 valence electrons. The van der Waals surface area contributed by atoms with Crippen molar-refractivity contribution < 1.29 is 27.9 Å². The number of carbonyl (C=O) groups excluding carboxylic acids is 2. The van der Waals surface area contributed by atoms with Gasteiger partial charge in [0, 0.05) is 0 Å². The molecule has 3 N–H and O–H groups in total. The lowest BCUT2D eigenvalue weighted by atomic mass is 10.00. The molecule has 2 aromatic carbocycles. The molecule has 3 rings (SSSR count). The lowest BCUT2D eigenvalue weighted by Crippen LogP contribution is -2.39. The maximum absolute atomic E-state index is 13.2. The smallest absolute Gasteiger partial charge is 0.394 e. The quantitative estimate of drug-likeness (QED) is 0.484. The van der Waals surface area contributed by atoms with Crippen LogP contribution in [0.5, 0.6) is 0 Å². The third kappa shape index (κ3) is 5.92. The first-order valence-electron chi connectivity index (χ1n) is 9.48. The molecule has 1 unspecified atom stereocenters. The fourth-order valence-corrected chi connectivity index (χ4v) is 2.96. The van der Waals surface area contributed by atoms with Gasteiger partial charge in [0.1, 0.15) is 6.33 Å². The molecular formula is C21H17F3N6O3. The molecule has 3 aromatic rings. The van der Waals surface area contributed by atoms with Crippen LogP contribution in [0.15, 0.2) is 54.9 Å². The van der Waals surface area contributed by atoms with Gasteiger partial charge in [-0.2, -0.15) is 18.4 Å². The van der Waals surface area contributed by atoms with E-state index >= 15 is 0 Å². The first kappa shape index (κ1) is 23.4. The Labute approximate surface area is 185 Å². The highest BCUT2D eigenvalue weighted by atomic mass is 19.4. The molecular weight excluding hydrogens is 441 g/mol. The molecule has 0 spiro atoms. The number of nitrogens with zero attached hydrogens (tertiary/aromatic N) is 4. The summed E-state index contributed by atoms with van der Waals surface area (Å²) in [5.74, 6) is -2.68. The van der Waals surface area contributed by atoms with Crippen molar-refractivity contribution in [3.8, 4) is 6.07 Å². The Hall–Kier alpha value is -4.24. The van der Waals surface area contributed by atoms with Crippen LogP contribution in [-0.2, 0) is 22.3 Å². The molecule has 0 bridgehead atoms. The van der Waals surface area contributed by atoms with Crippen LogP contribution in [-0.4, -0.2) is 38.3 Å². The number of aliphatic hydroxyl groups excluding tert-OH is 1. The molecule has 2 amide bonds. The predicted molar refractivity (Wildman–Crippen MR) is 108 cm³/mol. The summed E-state index contributed by atoms with van der Waals surface area (Å²) >= 11 is 0. The Bertz CT molecular complexity index is 1180. The van der Waals surface area contributed by atoms with E-state index in [0.717, 1.165) is 17.7 Å². The Morgan fingerprint density at radius 1 is 1.12 bits per heavy atom. The van der Waals surface area contributed by atoms with Crippen LogP contribution in [0.4, 0.5) is 19.1 Å². The van der Waals surface area contributed by atoms with Gasteiger partial charge >= 0.3 is 18.0 Å². The van der Waals surface area contributed by atoms with Crippen molar-refractivity contribution in [3.05, 3.63) is 77.1 Å². The second-order valence-electron chi connectivity index (χ2n) is 6.82. The van der Waals surface area contributed by atoms with Gasteiger partial charge < -0.3 is 10.4 Å². The van der Waals surface area contributed by atoms with Crippen molar-refractivity contribution in [3.63, 3.8) is 0 Å². The summed E-state index contributed by atoms with van der Waals surface area (Å²) in [6.07, 6.45) is -3.40. The summed E-state index contributed by atoms with van der Waals surface area (Å²) in [6, 6.07) is 11.7. The first-order chi connectivity index (χ1) is 15.7. The monoisotopic (exact) mass is 458 g/mol. The van der Waals surface area contributed by atoms with Gasteiger partial charge in [0.05, 0.1) is 36.4 Å². The van der Waals surface area contributed by atoms with Crippen molar-refractivity contribution in [1.82, 2.24) is 20.1 Å². The zero-order chi connectivity index (χ0) is 24.0. The van der Waals surface area contributed by atoms with Crippen molar-refractivity contribution in [1.29, 1.82) is 5.26 Å². The highest BCUT2D eigenvalue weighted by Crippen LogP contribution is 2.34. The minimum absolute atomic E-state index is 0.194. The molecule has 0 aliphatic heterocycles. The molecule has 0 aliphatic rings. The van der Waals surface area contributed by atoms with E-state index in [-0.39, 0.29) is 18.1 Å². The lowest BCUT2D eigenvalue weighted by Gasteiger charge is -2.20. The number of amides is 2. The van der Waals surface area contributed by atoms with Crippen molar-refractivity contribution in [2.24, 2.45) is 0 Å². The topological polar surface area (TPSA) is 133 Å². The number of aromatic nitrogens is 3. The standard InChI is InChI=1S/C21H17F3N6O3/c22-21(23,24)16-4-2-1-3-15(16)17(11-31)27-18(32)19(33)28-20-26-12-30(29-20)10-14-7-5-13(9-25)6-8-14/h1-8,12,17,31H,10-11H2,(H,27,32)(H,28,29,33). The van der Waals surface area contributed by atoms with E-state index in [2.05, 4.69) is 20.7 Å². The molecule has 0 radical (unpaired) electrons. The maximum atomic E-state index is 13.2. The number of aliphatic hydroxyl groups is 1.